The number of thiophene rings is 1. The Morgan fingerprint density at radius 3 is 2.77 bits per heavy atom. The first-order chi connectivity index (χ1) is 6.19. The molecule has 0 radical (unpaired) electrons. The summed E-state index contributed by atoms with van der Waals surface area (Å²) in [6.07, 6.45) is 0. The van der Waals surface area contributed by atoms with Crippen LogP contribution in [-0.2, 0) is 4.74 Å². The van der Waals surface area contributed by atoms with Gasteiger partial charge in [-0.1, -0.05) is 23.2 Å². The molecule has 3 nitrogen and oxygen atoms in total. The van der Waals surface area contributed by atoms with E-state index in [2.05, 4.69) is 5.43 Å². The molecule has 0 saturated heterocycles. The van der Waals surface area contributed by atoms with Gasteiger partial charge in [0.25, 0.3) is 0 Å². The molecule has 0 aliphatic carbocycles. The molecule has 1 atom stereocenters. The summed E-state index contributed by atoms with van der Waals surface area (Å²) in [4.78, 5) is 0. The zero-order chi connectivity index (χ0) is 9.84. The SMILES string of the molecule is COCC(NN)c1cc(Cl)sc1Cl. The van der Waals surface area contributed by atoms with Crippen molar-refractivity contribution in [2.75, 3.05) is 13.7 Å². The number of methoxy groups -OCH3 is 1. The first-order valence-electron chi connectivity index (χ1n) is 3.58. The lowest BCUT2D eigenvalue weighted by molar-refractivity contribution is 0.167. The first-order valence-corrected chi connectivity index (χ1v) is 5.16. The molecule has 1 heterocycles. The number of halogens is 2. The molecule has 0 fully saturated rings. The molecule has 1 unspecified atom stereocenters. The Hall–Kier alpha value is 0.160. The molecule has 0 aliphatic rings. The fourth-order valence-corrected chi connectivity index (χ4v) is 2.56. The normalized spacial score (nSPS) is 13.2. The van der Waals surface area contributed by atoms with E-state index in [1.165, 1.54) is 11.3 Å². The molecule has 0 bridgehead atoms. The van der Waals surface area contributed by atoms with Gasteiger partial charge in [-0.25, -0.2) is 0 Å². The quantitative estimate of drug-likeness (QED) is 0.627. The fourth-order valence-electron chi connectivity index (χ4n) is 0.985. The van der Waals surface area contributed by atoms with Gasteiger partial charge in [-0.15, -0.1) is 11.3 Å². The highest BCUT2D eigenvalue weighted by Gasteiger charge is 2.15. The van der Waals surface area contributed by atoms with Crippen LogP contribution >= 0.6 is 34.5 Å². The summed E-state index contributed by atoms with van der Waals surface area (Å²) in [5.41, 5.74) is 3.49. The van der Waals surface area contributed by atoms with E-state index in [1.54, 1.807) is 13.2 Å². The molecule has 0 saturated carbocycles. The largest absolute Gasteiger partial charge is 0.383 e. The molecule has 1 aromatic rings. The number of hydrogen-bond donors (Lipinski definition) is 2. The predicted molar refractivity (Wildman–Crippen MR) is 56.3 cm³/mol. The van der Waals surface area contributed by atoms with Crippen LogP contribution in [-0.4, -0.2) is 13.7 Å². The van der Waals surface area contributed by atoms with Gasteiger partial charge in [-0.05, 0) is 6.07 Å². The van der Waals surface area contributed by atoms with Gasteiger partial charge in [0.2, 0.25) is 0 Å². The highest BCUT2D eigenvalue weighted by molar-refractivity contribution is 7.20. The lowest BCUT2D eigenvalue weighted by Gasteiger charge is -2.13. The van der Waals surface area contributed by atoms with Crippen molar-refractivity contribution < 1.29 is 4.74 Å². The molecule has 0 spiro atoms. The monoisotopic (exact) mass is 240 g/mol. The summed E-state index contributed by atoms with van der Waals surface area (Å²) in [5, 5.41) is 0. The highest BCUT2D eigenvalue weighted by Crippen LogP contribution is 2.34. The van der Waals surface area contributed by atoms with Crippen molar-refractivity contribution in [2.45, 2.75) is 6.04 Å². The molecular weight excluding hydrogens is 231 g/mol. The molecule has 1 rings (SSSR count). The summed E-state index contributed by atoms with van der Waals surface area (Å²) in [6.45, 7) is 0.462. The minimum atomic E-state index is -0.110. The summed E-state index contributed by atoms with van der Waals surface area (Å²) in [5.74, 6) is 5.34. The summed E-state index contributed by atoms with van der Waals surface area (Å²) < 4.78 is 6.27. The van der Waals surface area contributed by atoms with Crippen LogP contribution in [0.25, 0.3) is 0 Å². The Morgan fingerprint density at radius 2 is 2.38 bits per heavy atom. The summed E-state index contributed by atoms with van der Waals surface area (Å²) in [6, 6.07) is 1.68. The van der Waals surface area contributed by atoms with E-state index in [9.17, 15) is 0 Å². The number of ether oxygens (including phenoxy) is 1. The predicted octanol–water partition coefficient (Wildman–Crippen LogP) is 2.21. The van der Waals surface area contributed by atoms with E-state index in [-0.39, 0.29) is 6.04 Å². The van der Waals surface area contributed by atoms with Gasteiger partial charge in [0.05, 0.1) is 21.3 Å². The van der Waals surface area contributed by atoms with Crippen LogP contribution in [0.2, 0.25) is 8.67 Å². The average Bonchev–Trinajstić information content (AvgIpc) is 2.41. The van der Waals surface area contributed by atoms with E-state index in [1.807, 2.05) is 0 Å². The van der Waals surface area contributed by atoms with E-state index in [0.29, 0.717) is 15.3 Å². The van der Waals surface area contributed by atoms with Crippen LogP contribution in [0, 0.1) is 0 Å². The summed E-state index contributed by atoms with van der Waals surface area (Å²) >= 11 is 13.0. The van der Waals surface area contributed by atoms with Crippen LogP contribution < -0.4 is 11.3 Å². The zero-order valence-electron chi connectivity index (χ0n) is 7.01. The standard InChI is InChI=1S/C7H10Cl2N2OS/c1-12-3-5(11-10)4-2-6(8)13-7(4)9/h2,5,11H,3,10H2,1H3. The van der Waals surface area contributed by atoms with Crippen molar-refractivity contribution in [3.63, 3.8) is 0 Å². The Labute approximate surface area is 90.7 Å². The van der Waals surface area contributed by atoms with Crippen LogP contribution in [0.4, 0.5) is 0 Å². The Kier molecular flexibility index (Phi) is 4.45. The molecule has 0 aromatic carbocycles. The third-order valence-electron chi connectivity index (χ3n) is 1.59. The van der Waals surface area contributed by atoms with Gasteiger partial charge in [-0.3, -0.25) is 11.3 Å². The molecular formula is C7H10Cl2N2OS. The third-order valence-corrected chi connectivity index (χ3v) is 3.11. The molecule has 0 amide bonds. The number of nitrogens with two attached hydrogens (primary N) is 1. The van der Waals surface area contributed by atoms with Gasteiger partial charge in [0.15, 0.2) is 0 Å². The smallest absolute Gasteiger partial charge is 0.0993 e. The lowest BCUT2D eigenvalue weighted by atomic mass is 10.2. The van der Waals surface area contributed by atoms with Crippen molar-refractivity contribution in [2.24, 2.45) is 5.84 Å². The number of hydrogen-bond acceptors (Lipinski definition) is 4. The number of rotatable bonds is 4. The molecule has 3 N–H and O–H groups in total. The van der Waals surface area contributed by atoms with E-state index in [0.717, 1.165) is 5.56 Å². The Balaban J connectivity index is 2.83. The van der Waals surface area contributed by atoms with Gasteiger partial charge >= 0.3 is 0 Å². The molecule has 1 aromatic heterocycles. The second-order valence-corrected chi connectivity index (χ2v) is 4.74. The van der Waals surface area contributed by atoms with Gasteiger partial charge in [0, 0.05) is 12.7 Å². The van der Waals surface area contributed by atoms with Crippen LogP contribution in [0.1, 0.15) is 11.6 Å². The Morgan fingerprint density at radius 1 is 1.69 bits per heavy atom. The van der Waals surface area contributed by atoms with E-state index in [4.69, 9.17) is 33.8 Å². The maximum Gasteiger partial charge on any atom is 0.0993 e. The van der Waals surface area contributed by atoms with Gasteiger partial charge in [-0.2, -0.15) is 0 Å². The second kappa shape index (κ2) is 5.14. The molecule has 0 aliphatic heterocycles. The molecule has 6 heteroatoms. The number of nitrogens with one attached hydrogen (secondary N) is 1. The van der Waals surface area contributed by atoms with Crippen molar-refractivity contribution in [3.05, 3.63) is 20.3 Å². The van der Waals surface area contributed by atoms with Gasteiger partial charge in [0.1, 0.15) is 0 Å². The Bertz CT molecular complexity index is 279. The third kappa shape index (κ3) is 2.80. The molecule has 74 valence electrons. The second-order valence-electron chi connectivity index (χ2n) is 2.45. The van der Waals surface area contributed by atoms with Gasteiger partial charge < -0.3 is 4.74 Å². The van der Waals surface area contributed by atoms with Crippen LogP contribution in [0.15, 0.2) is 6.07 Å². The maximum atomic E-state index is 5.94. The molecule has 13 heavy (non-hydrogen) atoms. The number of hydrazine groups is 1. The topological polar surface area (TPSA) is 47.3 Å². The highest BCUT2D eigenvalue weighted by atomic mass is 35.5. The zero-order valence-corrected chi connectivity index (χ0v) is 9.34. The maximum absolute atomic E-state index is 5.94. The van der Waals surface area contributed by atoms with Crippen molar-refractivity contribution in [1.82, 2.24) is 5.43 Å². The van der Waals surface area contributed by atoms with E-state index >= 15 is 0 Å². The summed E-state index contributed by atoms with van der Waals surface area (Å²) in [7, 11) is 1.60. The van der Waals surface area contributed by atoms with Crippen molar-refractivity contribution in [1.29, 1.82) is 0 Å². The minimum absolute atomic E-state index is 0.110. The van der Waals surface area contributed by atoms with Crippen molar-refractivity contribution >= 4 is 34.5 Å². The van der Waals surface area contributed by atoms with Crippen LogP contribution in [0.5, 0.6) is 0 Å². The average molecular weight is 241 g/mol. The first kappa shape index (κ1) is 11.2. The minimum Gasteiger partial charge on any atom is -0.383 e. The van der Waals surface area contributed by atoms with E-state index < -0.39 is 0 Å². The lowest BCUT2D eigenvalue weighted by Crippen LogP contribution is -2.30. The van der Waals surface area contributed by atoms with Crippen LogP contribution in [0.3, 0.4) is 0 Å². The van der Waals surface area contributed by atoms with Crippen molar-refractivity contribution in [3.8, 4) is 0 Å². The fraction of sp³-hybridized carbons (Fsp3) is 0.429.